The normalized spacial score (nSPS) is 22.8. The Labute approximate surface area is 130 Å². The summed E-state index contributed by atoms with van der Waals surface area (Å²) in [7, 11) is 0. The number of ether oxygens (including phenoxy) is 2. The number of carbonyl (C=O) groups excluding carboxylic acids is 1. The molecule has 0 aromatic carbocycles. The van der Waals surface area contributed by atoms with Crippen molar-refractivity contribution >= 4 is 5.91 Å². The Morgan fingerprint density at radius 3 is 2.33 bits per heavy atom. The predicted molar refractivity (Wildman–Crippen MR) is 85.3 cm³/mol. The second-order valence-corrected chi connectivity index (χ2v) is 7.06. The molecule has 1 aliphatic heterocycles. The van der Waals surface area contributed by atoms with E-state index in [1.54, 1.807) is 0 Å². The van der Waals surface area contributed by atoms with E-state index in [0.717, 1.165) is 12.8 Å². The Morgan fingerprint density at radius 1 is 1.14 bits per heavy atom. The van der Waals surface area contributed by atoms with Crippen LogP contribution in [0, 0.1) is 5.92 Å². The SMILES string of the molecule is CC(C)CCC(=O)N1C[C@H](OC(C)C)C[C@H]1COC(C)C. The van der Waals surface area contributed by atoms with Crippen LogP contribution >= 0.6 is 0 Å². The minimum Gasteiger partial charge on any atom is -0.377 e. The van der Waals surface area contributed by atoms with E-state index in [-0.39, 0.29) is 30.3 Å². The van der Waals surface area contributed by atoms with E-state index >= 15 is 0 Å². The van der Waals surface area contributed by atoms with Gasteiger partial charge in [-0.3, -0.25) is 4.79 Å². The van der Waals surface area contributed by atoms with E-state index in [0.29, 0.717) is 25.5 Å². The number of carbonyl (C=O) groups is 1. The molecule has 4 heteroatoms. The molecule has 4 nitrogen and oxygen atoms in total. The third kappa shape index (κ3) is 6.79. The van der Waals surface area contributed by atoms with Crippen LogP contribution in [0.25, 0.3) is 0 Å². The maximum absolute atomic E-state index is 12.5. The summed E-state index contributed by atoms with van der Waals surface area (Å²) in [6, 6.07) is 0.163. The zero-order valence-electron chi connectivity index (χ0n) is 14.6. The first kappa shape index (κ1) is 18.4. The molecule has 1 saturated heterocycles. The molecular formula is C17H33NO3. The van der Waals surface area contributed by atoms with Crippen LogP contribution in [0.15, 0.2) is 0 Å². The molecule has 1 rings (SSSR count). The number of rotatable bonds is 8. The maximum atomic E-state index is 12.5. The lowest BCUT2D eigenvalue weighted by Gasteiger charge is -2.25. The second kappa shape index (κ2) is 8.74. The van der Waals surface area contributed by atoms with Crippen molar-refractivity contribution in [2.45, 2.75) is 85.2 Å². The van der Waals surface area contributed by atoms with Crippen LogP contribution < -0.4 is 0 Å². The average Bonchev–Trinajstić information content (AvgIpc) is 2.75. The highest BCUT2D eigenvalue weighted by Gasteiger charge is 2.36. The molecule has 1 heterocycles. The molecule has 21 heavy (non-hydrogen) atoms. The van der Waals surface area contributed by atoms with Crippen LogP contribution in [0.5, 0.6) is 0 Å². The van der Waals surface area contributed by atoms with Gasteiger partial charge in [0.2, 0.25) is 5.91 Å². The fourth-order valence-electron chi connectivity index (χ4n) is 2.68. The Bertz CT molecular complexity index is 315. The first-order chi connectivity index (χ1) is 9.79. The molecule has 1 fully saturated rings. The highest BCUT2D eigenvalue weighted by atomic mass is 16.5. The highest BCUT2D eigenvalue weighted by Crippen LogP contribution is 2.24. The van der Waals surface area contributed by atoms with Gasteiger partial charge in [0.1, 0.15) is 0 Å². The summed E-state index contributed by atoms with van der Waals surface area (Å²) in [5.41, 5.74) is 0. The van der Waals surface area contributed by atoms with E-state index in [4.69, 9.17) is 9.47 Å². The van der Waals surface area contributed by atoms with Crippen molar-refractivity contribution in [3.8, 4) is 0 Å². The summed E-state index contributed by atoms with van der Waals surface area (Å²) in [6.07, 6.45) is 3.01. The summed E-state index contributed by atoms with van der Waals surface area (Å²) in [6.45, 7) is 13.8. The average molecular weight is 299 g/mol. The van der Waals surface area contributed by atoms with E-state index in [9.17, 15) is 4.79 Å². The molecule has 0 aromatic heterocycles. The summed E-state index contributed by atoms with van der Waals surface area (Å²) in [4.78, 5) is 14.4. The van der Waals surface area contributed by atoms with Crippen molar-refractivity contribution < 1.29 is 14.3 Å². The molecule has 0 radical (unpaired) electrons. The first-order valence-electron chi connectivity index (χ1n) is 8.36. The predicted octanol–water partition coefficient (Wildman–Crippen LogP) is 3.24. The minimum absolute atomic E-state index is 0.147. The van der Waals surface area contributed by atoms with Gasteiger partial charge < -0.3 is 14.4 Å². The highest BCUT2D eigenvalue weighted by molar-refractivity contribution is 5.77. The molecule has 0 unspecified atom stereocenters. The van der Waals surface area contributed by atoms with Crippen molar-refractivity contribution in [3.63, 3.8) is 0 Å². The molecular weight excluding hydrogens is 266 g/mol. The molecule has 0 aliphatic carbocycles. The molecule has 0 N–H and O–H groups in total. The van der Waals surface area contributed by atoms with Gasteiger partial charge in [0.15, 0.2) is 0 Å². The smallest absolute Gasteiger partial charge is 0.222 e. The fraction of sp³-hybridized carbons (Fsp3) is 0.941. The van der Waals surface area contributed by atoms with Gasteiger partial charge in [-0.05, 0) is 46.5 Å². The molecule has 0 aromatic rings. The van der Waals surface area contributed by atoms with Crippen LogP contribution in [-0.4, -0.2) is 48.3 Å². The van der Waals surface area contributed by atoms with Crippen molar-refractivity contribution in [3.05, 3.63) is 0 Å². The lowest BCUT2D eigenvalue weighted by atomic mass is 10.1. The number of amides is 1. The summed E-state index contributed by atoms with van der Waals surface area (Å²) in [5, 5.41) is 0. The maximum Gasteiger partial charge on any atom is 0.222 e. The van der Waals surface area contributed by atoms with Crippen LogP contribution in [0.3, 0.4) is 0 Å². The minimum atomic E-state index is 0.147. The topological polar surface area (TPSA) is 38.8 Å². The number of likely N-dealkylation sites (tertiary alicyclic amines) is 1. The summed E-state index contributed by atoms with van der Waals surface area (Å²) in [5.74, 6) is 0.806. The molecule has 1 amide bonds. The number of hydrogen-bond acceptors (Lipinski definition) is 3. The van der Waals surface area contributed by atoms with Crippen LogP contribution in [-0.2, 0) is 14.3 Å². The Morgan fingerprint density at radius 2 is 1.81 bits per heavy atom. The third-order valence-corrected chi connectivity index (χ3v) is 3.72. The van der Waals surface area contributed by atoms with Gasteiger partial charge in [-0.1, -0.05) is 13.8 Å². The number of nitrogens with zero attached hydrogens (tertiary/aromatic N) is 1. The molecule has 0 bridgehead atoms. The Kier molecular flexibility index (Phi) is 7.67. The summed E-state index contributed by atoms with van der Waals surface area (Å²) >= 11 is 0. The van der Waals surface area contributed by atoms with Gasteiger partial charge in [-0.15, -0.1) is 0 Å². The lowest BCUT2D eigenvalue weighted by molar-refractivity contribution is -0.134. The van der Waals surface area contributed by atoms with Gasteiger partial charge in [0.05, 0.1) is 31.0 Å². The van der Waals surface area contributed by atoms with Gasteiger partial charge in [0, 0.05) is 13.0 Å². The molecule has 0 spiro atoms. The standard InChI is InChI=1S/C17H33NO3/c1-12(2)7-8-17(19)18-10-16(21-14(5)6)9-15(18)11-20-13(3)4/h12-16H,7-11H2,1-6H3/t15-,16+/m0/s1. The van der Waals surface area contributed by atoms with E-state index in [2.05, 4.69) is 13.8 Å². The molecule has 1 aliphatic rings. The number of hydrogen-bond donors (Lipinski definition) is 0. The first-order valence-corrected chi connectivity index (χ1v) is 8.36. The zero-order valence-corrected chi connectivity index (χ0v) is 14.6. The Balaban J connectivity index is 2.59. The zero-order chi connectivity index (χ0) is 16.0. The van der Waals surface area contributed by atoms with Crippen molar-refractivity contribution in [1.29, 1.82) is 0 Å². The molecule has 0 saturated carbocycles. The van der Waals surface area contributed by atoms with Gasteiger partial charge in [-0.25, -0.2) is 0 Å². The Hall–Kier alpha value is -0.610. The van der Waals surface area contributed by atoms with Crippen LogP contribution in [0.1, 0.15) is 60.8 Å². The monoisotopic (exact) mass is 299 g/mol. The van der Waals surface area contributed by atoms with E-state index in [1.807, 2.05) is 32.6 Å². The van der Waals surface area contributed by atoms with E-state index in [1.165, 1.54) is 0 Å². The van der Waals surface area contributed by atoms with Crippen LogP contribution in [0.4, 0.5) is 0 Å². The van der Waals surface area contributed by atoms with E-state index < -0.39 is 0 Å². The largest absolute Gasteiger partial charge is 0.377 e. The van der Waals surface area contributed by atoms with Gasteiger partial charge >= 0.3 is 0 Å². The second-order valence-electron chi connectivity index (χ2n) is 7.06. The summed E-state index contributed by atoms with van der Waals surface area (Å²) < 4.78 is 11.6. The molecule has 124 valence electrons. The lowest BCUT2D eigenvalue weighted by Crippen LogP contribution is -2.39. The quantitative estimate of drug-likeness (QED) is 0.690. The fourth-order valence-corrected chi connectivity index (χ4v) is 2.68. The third-order valence-electron chi connectivity index (χ3n) is 3.72. The van der Waals surface area contributed by atoms with Gasteiger partial charge in [-0.2, -0.15) is 0 Å². The van der Waals surface area contributed by atoms with Crippen molar-refractivity contribution in [1.82, 2.24) is 4.90 Å². The van der Waals surface area contributed by atoms with Gasteiger partial charge in [0.25, 0.3) is 0 Å². The van der Waals surface area contributed by atoms with Crippen molar-refractivity contribution in [2.24, 2.45) is 5.92 Å². The van der Waals surface area contributed by atoms with Crippen LogP contribution in [0.2, 0.25) is 0 Å². The molecule has 2 atom stereocenters. The van der Waals surface area contributed by atoms with Crippen molar-refractivity contribution in [2.75, 3.05) is 13.2 Å².